The maximum absolute atomic E-state index is 5.74. The lowest BCUT2D eigenvalue weighted by molar-refractivity contribution is 0.250. The van der Waals surface area contributed by atoms with Crippen molar-refractivity contribution < 1.29 is 0 Å². The summed E-state index contributed by atoms with van der Waals surface area (Å²) in [5, 5.41) is 0. The summed E-state index contributed by atoms with van der Waals surface area (Å²) in [4.78, 5) is 2.50. The molecule has 0 spiro atoms. The van der Waals surface area contributed by atoms with Gasteiger partial charge in [-0.2, -0.15) is 0 Å². The normalized spacial score (nSPS) is 21.3. The maximum Gasteiger partial charge on any atom is 0.0237 e. The van der Waals surface area contributed by atoms with Crippen LogP contribution in [-0.4, -0.2) is 24.0 Å². The molecule has 2 N–H and O–H groups in total. The molecule has 1 heterocycles. The van der Waals surface area contributed by atoms with E-state index in [4.69, 9.17) is 5.73 Å². The average Bonchev–Trinajstić information content (AvgIpc) is 2.67. The summed E-state index contributed by atoms with van der Waals surface area (Å²) in [5.74, 6) is 0. The minimum absolute atomic E-state index is 0. The molecule has 0 aliphatic carbocycles. The van der Waals surface area contributed by atoms with Crippen molar-refractivity contribution >= 4 is 12.4 Å². The Kier molecular flexibility index (Phi) is 5.09. The summed E-state index contributed by atoms with van der Waals surface area (Å²) < 4.78 is 0. The van der Waals surface area contributed by atoms with Crippen molar-refractivity contribution in [1.82, 2.24) is 4.90 Å². The van der Waals surface area contributed by atoms with Crippen LogP contribution in [0.1, 0.15) is 18.4 Å². The summed E-state index contributed by atoms with van der Waals surface area (Å²) in [6.07, 6.45) is 2.57. The van der Waals surface area contributed by atoms with E-state index in [-0.39, 0.29) is 12.4 Å². The monoisotopic (exact) mass is 226 g/mol. The molecule has 1 aromatic rings. The number of nitrogens with zero attached hydrogens (tertiary/aromatic N) is 1. The van der Waals surface area contributed by atoms with Gasteiger partial charge in [-0.1, -0.05) is 30.3 Å². The van der Waals surface area contributed by atoms with Crippen LogP contribution in [0.4, 0.5) is 0 Å². The summed E-state index contributed by atoms with van der Waals surface area (Å²) in [7, 11) is 0. The molecule has 1 saturated heterocycles. The molecule has 1 atom stereocenters. The lowest BCUT2D eigenvalue weighted by Crippen LogP contribution is -2.34. The highest BCUT2D eigenvalue weighted by Crippen LogP contribution is 2.18. The van der Waals surface area contributed by atoms with Crippen LogP contribution in [-0.2, 0) is 6.54 Å². The van der Waals surface area contributed by atoms with Crippen LogP contribution in [0.15, 0.2) is 30.3 Å². The zero-order valence-electron chi connectivity index (χ0n) is 8.93. The molecule has 0 radical (unpaired) electrons. The van der Waals surface area contributed by atoms with Crippen LogP contribution in [0.3, 0.4) is 0 Å². The molecule has 0 saturated carbocycles. The van der Waals surface area contributed by atoms with Gasteiger partial charge in [0.2, 0.25) is 0 Å². The van der Waals surface area contributed by atoms with Gasteiger partial charge in [-0.05, 0) is 24.9 Å². The molecule has 1 fully saturated rings. The van der Waals surface area contributed by atoms with Crippen LogP contribution in [0.5, 0.6) is 0 Å². The van der Waals surface area contributed by atoms with Gasteiger partial charge < -0.3 is 5.73 Å². The molecule has 0 aromatic heterocycles. The molecule has 1 aliphatic heterocycles. The highest BCUT2D eigenvalue weighted by molar-refractivity contribution is 5.85. The first-order valence-electron chi connectivity index (χ1n) is 5.38. The smallest absolute Gasteiger partial charge is 0.0237 e. The summed E-state index contributed by atoms with van der Waals surface area (Å²) in [5.41, 5.74) is 7.13. The van der Waals surface area contributed by atoms with Crippen molar-refractivity contribution in [3.05, 3.63) is 35.9 Å². The zero-order valence-corrected chi connectivity index (χ0v) is 9.75. The van der Waals surface area contributed by atoms with Gasteiger partial charge in [-0.3, -0.25) is 4.90 Å². The molecule has 15 heavy (non-hydrogen) atoms. The fourth-order valence-corrected chi connectivity index (χ4v) is 2.19. The summed E-state index contributed by atoms with van der Waals surface area (Å²) in [6, 6.07) is 11.2. The minimum atomic E-state index is 0. The number of rotatable bonds is 3. The van der Waals surface area contributed by atoms with Gasteiger partial charge in [-0.15, -0.1) is 12.4 Å². The third-order valence-electron chi connectivity index (χ3n) is 3.00. The number of likely N-dealkylation sites (tertiary alicyclic amines) is 1. The molecule has 0 amide bonds. The number of halogens is 1. The molecular formula is C12H19ClN2. The van der Waals surface area contributed by atoms with Crippen LogP contribution in [0.2, 0.25) is 0 Å². The van der Waals surface area contributed by atoms with Gasteiger partial charge in [-0.25, -0.2) is 0 Å². The first kappa shape index (κ1) is 12.5. The first-order valence-corrected chi connectivity index (χ1v) is 5.38. The largest absolute Gasteiger partial charge is 0.329 e. The van der Waals surface area contributed by atoms with Gasteiger partial charge in [0.1, 0.15) is 0 Å². The van der Waals surface area contributed by atoms with E-state index < -0.39 is 0 Å². The molecule has 3 heteroatoms. The van der Waals surface area contributed by atoms with Crippen molar-refractivity contribution in [3.63, 3.8) is 0 Å². The molecule has 84 valence electrons. The molecule has 2 nitrogen and oxygen atoms in total. The van der Waals surface area contributed by atoms with E-state index in [0.29, 0.717) is 6.04 Å². The molecule has 0 bridgehead atoms. The third-order valence-corrected chi connectivity index (χ3v) is 3.00. The quantitative estimate of drug-likeness (QED) is 0.855. The van der Waals surface area contributed by atoms with E-state index in [9.17, 15) is 0 Å². The number of benzene rings is 1. The molecule has 1 unspecified atom stereocenters. The van der Waals surface area contributed by atoms with E-state index in [1.54, 1.807) is 0 Å². The third kappa shape index (κ3) is 3.20. The molecular weight excluding hydrogens is 208 g/mol. The Labute approximate surface area is 97.9 Å². The predicted octanol–water partition coefficient (Wildman–Crippen LogP) is 2.03. The lowest BCUT2D eigenvalue weighted by Gasteiger charge is -2.22. The van der Waals surface area contributed by atoms with Gasteiger partial charge in [0.05, 0.1) is 0 Å². The molecule has 1 aromatic carbocycles. The summed E-state index contributed by atoms with van der Waals surface area (Å²) >= 11 is 0. The van der Waals surface area contributed by atoms with E-state index >= 15 is 0 Å². The van der Waals surface area contributed by atoms with Crippen LogP contribution < -0.4 is 5.73 Å². The lowest BCUT2D eigenvalue weighted by atomic mass is 10.2. The number of nitrogens with two attached hydrogens (primary N) is 1. The van der Waals surface area contributed by atoms with E-state index in [0.717, 1.165) is 13.1 Å². The summed E-state index contributed by atoms with van der Waals surface area (Å²) in [6.45, 7) is 3.06. The van der Waals surface area contributed by atoms with Crippen LogP contribution >= 0.6 is 12.4 Å². The fraction of sp³-hybridized carbons (Fsp3) is 0.500. The maximum atomic E-state index is 5.74. The Bertz CT molecular complexity index is 276. The van der Waals surface area contributed by atoms with Crippen molar-refractivity contribution in [2.75, 3.05) is 13.1 Å². The number of hydrogen-bond acceptors (Lipinski definition) is 2. The van der Waals surface area contributed by atoms with Gasteiger partial charge in [0.15, 0.2) is 0 Å². The Hall–Kier alpha value is -0.570. The van der Waals surface area contributed by atoms with Gasteiger partial charge in [0, 0.05) is 19.1 Å². The highest BCUT2D eigenvalue weighted by Gasteiger charge is 2.22. The van der Waals surface area contributed by atoms with E-state index in [2.05, 4.69) is 35.2 Å². The highest BCUT2D eigenvalue weighted by atomic mass is 35.5. The van der Waals surface area contributed by atoms with Gasteiger partial charge >= 0.3 is 0 Å². The molecule has 2 rings (SSSR count). The Morgan fingerprint density at radius 1 is 1.27 bits per heavy atom. The Morgan fingerprint density at radius 2 is 2.00 bits per heavy atom. The van der Waals surface area contributed by atoms with Crippen molar-refractivity contribution in [3.8, 4) is 0 Å². The molecule has 1 aliphatic rings. The van der Waals surface area contributed by atoms with E-state index in [1.807, 2.05) is 0 Å². The Balaban J connectivity index is 0.00000112. The van der Waals surface area contributed by atoms with Crippen molar-refractivity contribution in [2.45, 2.75) is 25.4 Å². The minimum Gasteiger partial charge on any atom is -0.329 e. The topological polar surface area (TPSA) is 29.3 Å². The average molecular weight is 227 g/mol. The van der Waals surface area contributed by atoms with Crippen LogP contribution in [0.25, 0.3) is 0 Å². The Morgan fingerprint density at radius 3 is 2.67 bits per heavy atom. The van der Waals surface area contributed by atoms with Crippen LogP contribution in [0, 0.1) is 0 Å². The fourth-order valence-electron chi connectivity index (χ4n) is 2.19. The second-order valence-electron chi connectivity index (χ2n) is 3.99. The number of hydrogen-bond donors (Lipinski definition) is 1. The first-order chi connectivity index (χ1) is 6.90. The second kappa shape index (κ2) is 6.11. The predicted molar refractivity (Wildman–Crippen MR) is 66.2 cm³/mol. The zero-order chi connectivity index (χ0) is 9.80. The second-order valence-corrected chi connectivity index (χ2v) is 3.99. The van der Waals surface area contributed by atoms with E-state index in [1.165, 1.54) is 24.9 Å². The standard InChI is InChI=1S/C12H18N2.ClH/c13-9-12-7-4-8-14(12)10-11-5-2-1-3-6-11;/h1-3,5-6,12H,4,7-10,13H2;1H. The SMILES string of the molecule is Cl.NCC1CCCN1Cc1ccccc1. The van der Waals surface area contributed by atoms with Gasteiger partial charge in [0.25, 0.3) is 0 Å². The van der Waals surface area contributed by atoms with Crippen molar-refractivity contribution in [1.29, 1.82) is 0 Å². The van der Waals surface area contributed by atoms with Crippen molar-refractivity contribution in [2.24, 2.45) is 5.73 Å².